The van der Waals surface area contributed by atoms with E-state index in [9.17, 15) is 14.0 Å². The largest absolute Gasteiger partial charge is 0.356 e. The summed E-state index contributed by atoms with van der Waals surface area (Å²) in [7, 11) is 0. The van der Waals surface area contributed by atoms with Crippen LogP contribution in [0.4, 0.5) is 4.39 Å². The zero-order chi connectivity index (χ0) is 20.8. The normalized spacial score (nSPS) is 10.9. The summed E-state index contributed by atoms with van der Waals surface area (Å²) in [6.45, 7) is 1.99. The lowest BCUT2D eigenvalue weighted by atomic mass is 10.2. The van der Waals surface area contributed by atoms with Crippen LogP contribution < -0.4 is 5.32 Å². The fourth-order valence-corrected chi connectivity index (χ4v) is 4.51. The first kappa shape index (κ1) is 21.5. The summed E-state index contributed by atoms with van der Waals surface area (Å²) in [6.07, 6.45) is 1.25. The molecule has 0 aliphatic carbocycles. The van der Waals surface area contributed by atoms with E-state index >= 15 is 0 Å². The number of carbonyl (C=O) groups is 2. The molecule has 2 aromatic heterocycles. The monoisotopic (exact) mass is 452 g/mol. The highest BCUT2D eigenvalue weighted by Crippen LogP contribution is 2.26. The van der Waals surface area contributed by atoms with Crippen LogP contribution in [0, 0.1) is 5.82 Å². The molecule has 3 aromatic rings. The number of nitrogens with zero attached hydrogens (tertiary/aromatic N) is 3. The number of ketones is 1. The Balaban J connectivity index is 1.77. The van der Waals surface area contributed by atoms with Crippen LogP contribution in [0.3, 0.4) is 0 Å². The molecule has 29 heavy (non-hydrogen) atoms. The van der Waals surface area contributed by atoms with Crippen molar-refractivity contribution < 1.29 is 14.0 Å². The predicted molar refractivity (Wildman–Crippen MR) is 113 cm³/mol. The molecule has 6 nitrogen and oxygen atoms in total. The maximum atomic E-state index is 13.4. The Hall–Kier alpha value is -2.23. The number of rotatable bonds is 9. The zero-order valence-electron chi connectivity index (χ0n) is 15.5. The topological polar surface area (TPSA) is 76.9 Å². The summed E-state index contributed by atoms with van der Waals surface area (Å²) >= 11 is 8.40. The fraction of sp³-hybridized carbons (Fsp3) is 0.263. The van der Waals surface area contributed by atoms with Gasteiger partial charge in [-0.15, -0.1) is 21.5 Å². The minimum atomic E-state index is -0.340. The van der Waals surface area contributed by atoms with Crippen molar-refractivity contribution in [2.24, 2.45) is 0 Å². The second-order valence-electron chi connectivity index (χ2n) is 6.11. The van der Waals surface area contributed by atoms with Crippen LogP contribution >= 0.6 is 34.7 Å². The smallest absolute Gasteiger partial charge is 0.216 e. The number of aromatic nitrogens is 3. The number of nitrogens with one attached hydrogen (secondary N) is 1. The number of carbonyl (C=O) groups excluding carboxylic acids is 2. The van der Waals surface area contributed by atoms with E-state index in [4.69, 9.17) is 11.6 Å². The fourth-order valence-electron chi connectivity index (χ4n) is 2.58. The van der Waals surface area contributed by atoms with Gasteiger partial charge in [-0.3, -0.25) is 14.2 Å². The van der Waals surface area contributed by atoms with Crippen molar-refractivity contribution in [2.45, 2.75) is 24.9 Å². The van der Waals surface area contributed by atoms with E-state index < -0.39 is 0 Å². The molecule has 1 aromatic carbocycles. The summed E-state index contributed by atoms with van der Waals surface area (Å²) in [6, 6.07) is 9.40. The second-order valence-corrected chi connectivity index (χ2v) is 8.77. The summed E-state index contributed by atoms with van der Waals surface area (Å²) in [5.41, 5.74) is 0.708. The molecule has 0 atom stereocenters. The number of hydrogen-bond donors (Lipinski definition) is 1. The van der Waals surface area contributed by atoms with Crippen LogP contribution in [-0.4, -0.2) is 38.8 Å². The molecule has 0 radical (unpaired) electrons. The van der Waals surface area contributed by atoms with E-state index in [0.29, 0.717) is 45.3 Å². The van der Waals surface area contributed by atoms with Gasteiger partial charge in [-0.05, 0) is 42.8 Å². The van der Waals surface area contributed by atoms with Crippen molar-refractivity contribution >= 4 is 46.4 Å². The summed E-state index contributed by atoms with van der Waals surface area (Å²) in [5.74, 6) is 0.382. The van der Waals surface area contributed by atoms with E-state index in [1.54, 1.807) is 24.3 Å². The molecule has 2 heterocycles. The molecule has 0 aliphatic heterocycles. The van der Waals surface area contributed by atoms with E-state index in [0.717, 1.165) is 0 Å². The Kier molecular flexibility index (Phi) is 7.40. The first-order chi connectivity index (χ1) is 13.9. The molecule has 0 aliphatic rings. The molecule has 0 spiro atoms. The summed E-state index contributed by atoms with van der Waals surface area (Å²) in [4.78, 5) is 24.0. The highest BCUT2D eigenvalue weighted by molar-refractivity contribution is 7.99. The number of aryl methyl sites for hydroxylation is 1. The molecule has 0 saturated carbocycles. The molecular formula is C19H18ClFN4O2S2. The Morgan fingerprint density at radius 3 is 2.62 bits per heavy atom. The van der Waals surface area contributed by atoms with Gasteiger partial charge in [0.25, 0.3) is 0 Å². The van der Waals surface area contributed by atoms with Gasteiger partial charge in [0.2, 0.25) is 5.91 Å². The Morgan fingerprint density at radius 1 is 1.21 bits per heavy atom. The molecule has 10 heteroatoms. The number of benzene rings is 1. The number of amides is 1. The highest BCUT2D eigenvalue weighted by Gasteiger charge is 2.17. The summed E-state index contributed by atoms with van der Waals surface area (Å²) < 4.78 is 15.7. The van der Waals surface area contributed by atoms with Gasteiger partial charge in [-0.2, -0.15) is 0 Å². The molecule has 0 bridgehead atoms. The van der Waals surface area contributed by atoms with E-state index in [2.05, 4.69) is 15.5 Å². The van der Waals surface area contributed by atoms with Crippen molar-refractivity contribution in [1.29, 1.82) is 0 Å². The lowest BCUT2D eigenvalue weighted by molar-refractivity contribution is -0.118. The lowest BCUT2D eigenvalue weighted by Crippen LogP contribution is -2.21. The van der Waals surface area contributed by atoms with Gasteiger partial charge in [0.15, 0.2) is 10.9 Å². The lowest BCUT2D eigenvalue weighted by Gasteiger charge is -2.10. The van der Waals surface area contributed by atoms with Crippen molar-refractivity contribution in [2.75, 3.05) is 12.3 Å². The van der Waals surface area contributed by atoms with Gasteiger partial charge in [-0.1, -0.05) is 23.4 Å². The number of hydrogen-bond acceptors (Lipinski definition) is 6. The van der Waals surface area contributed by atoms with Crippen molar-refractivity contribution in [3.63, 3.8) is 0 Å². The van der Waals surface area contributed by atoms with Crippen molar-refractivity contribution in [3.05, 3.63) is 57.3 Å². The molecule has 1 N–H and O–H groups in total. The maximum Gasteiger partial charge on any atom is 0.216 e. The molecule has 0 fully saturated rings. The van der Waals surface area contributed by atoms with Crippen molar-refractivity contribution in [3.8, 4) is 5.69 Å². The van der Waals surface area contributed by atoms with Gasteiger partial charge in [0.1, 0.15) is 11.6 Å². The van der Waals surface area contributed by atoms with E-state index in [1.165, 1.54) is 42.2 Å². The maximum absolute atomic E-state index is 13.4. The number of thiophene rings is 1. The van der Waals surface area contributed by atoms with Gasteiger partial charge >= 0.3 is 0 Å². The van der Waals surface area contributed by atoms with Crippen LogP contribution in [0.1, 0.15) is 28.8 Å². The van der Waals surface area contributed by atoms with Crippen molar-refractivity contribution in [1.82, 2.24) is 20.1 Å². The Labute approximate surface area is 180 Å². The molecule has 0 saturated heterocycles. The summed E-state index contributed by atoms with van der Waals surface area (Å²) in [5, 5.41) is 11.7. The minimum absolute atomic E-state index is 0.0484. The van der Waals surface area contributed by atoms with E-state index in [1.807, 2.05) is 4.57 Å². The molecule has 152 valence electrons. The third-order valence-electron chi connectivity index (χ3n) is 3.92. The Morgan fingerprint density at radius 2 is 1.97 bits per heavy atom. The quantitative estimate of drug-likeness (QED) is 0.299. The van der Waals surface area contributed by atoms with Crippen LogP contribution in [0.25, 0.3) is 5.69 Å². The SMILES string of the molecule is CC(=O)NCCCc1nnc(SCC(=O)c2ccc(Cl)s2)n1-c1ccc(F)cc1. The number of Topliss-reactive ketones (excluding diaryl/α,β-unsaturated/α-hetero) is 1. The number of halogens is 2. The first-order valence-electron chi connectivity index (χ1n) is 8.80. The van der Waals surface area contributed by atoms with Crippen LogP contribution in [0.2, 0.25) is 4.34 Å². The zero-order valence-corrected chi connectivity index (χ0v) is 17.9. The van der Waals surface area contributed by atoms with Gasteiger partial charge in [0.05, 0.1) is 15.0 Å². The van der Waals surface area contributed by atoms with Crippen LogP contribution in [-0.2, 0) is 11.2 Å². The molecule has 0 unspecified atom stereocenters. The van der Waals surface area contributed by atoms with Crippen LogP contribution in [0.5, 0.6) is 0 Å². The average Bonchev–Trinajstić information content (AvgIpc) is 3.30. The highest BCUT2D eigenvalue weighted by atomic mass is 35.5. The predicted octanol–water partition coefficient (Wildman–Crippen LogP) is 4.17. The molecule has 1 amide bonds. The standard InChI is InChI=1S/C19H18ClFN4O2S2/c1-12(26)22-10-2-3-18-23-24-19(25(18)14-6-4-13(21)5-7-14)28-11-15(27)16-8-9-17(20)29-16/h4-9H,2-3,10-11H2,1H3,(H,22,26). The third kappa shape index (κ3) is 5.88. The van der Waals surface area contributed by atoms with Gasteiger partial charge < -0.3 is 5.32 Å². The van der Waals surface area contributed by atoms with Crippen LogP contribution in [0.15, 0.2) is 41.6 Å². The first-order valence-corrected chi connectivity index (χ1v) is 11.0. The molecule has 3 rings (SSSR count). The average molecular weight is 453 g/mol. The Bertz CT molecular complexity index is 1000. The van der Waals surface area contributed by atoms with E-state index in [-0.39, 0.29) is 23.3 Å². The third-order valence-corrected chi connectivity index (χ3v) is 6.12. The molecular weight excluding hydrogens is 435 g/mol. The minimum Gasteiger partial charge on any atom is -0.356 e. The van der Waals surface area contributed by atoms with Gasteiger partial charge in [-0.25, -0.2) is 4.39 Å². The second kappa shape index (κ2) is 10.00. The van der Waals surface area contributed by atoms with Gasteiger partial charge in [0, 0.05) is 25.6 Å². The number of thioether (sulfide) groups is 1.